The highest BCUT2D eigenvalue weighted by atomic mass is 16.5. The molecule has 0 atom stereocenters. The van der Waals surface area contributed by atoms with Gasteiger partial charge in [0.05, 0.1) is 17.4 Å². The summed E-state index contributed by atoms with van der Waals surface area (Å²) < 4.78 is 11.2. The third kappa shape index (κ3) is 4.63. The van der Waals surface area contributed by atoms with Gasteiger partial charge in [-0.1, -0.05) is 12.1 Å². The molecule has 0 bridgehead atoms. The predicted molar refractivity (Wildman–Crippen MR) is 100 cm³/mol. The van der Waals surface area contributed by atoms with Crippen molar-refractivity contribution in [2.75, 3.05) is 5.32 Å². The van der Waals surface area contributed by atoms with Crippen LogP contribution in [0.25, 0.3) is 11.1 Å². The first kappa shape index (κ1) is 18.4. The molecule has 0 aliphatic carbocycles. The number of benzene rings is 2. The number of carboxylic acids is 1. The van der Waals surface area contributed by atoms with Gasteiger partial charge in [0.15, 0.2) is 11.5 Å². The summed E-state index contributed by atoms with van der Waals surface area (Å²) in [5.74, 6) is -0.462. The third-order valence-corrected chi connectivity index (χ3v) is 3.77. The van der Waals surface area contributed by atoms with E-state index in [9.17, 15) is 9.59 Å². The molecule has 2 aromatic carbocycles. The molecule has 140 valence electrons. The van der Waals surface area contributed by atoms with Crippen LogP contribution in [-0.4, -0.2) is 28.1 Å². The molecule has 3 aromatic rings. The van der Waals surface area contributed by atoms with Gasteiger partial charge in [-0.25, -0.2) is 9.78 Å². The van der Waals surface area contributed by atoms with Crippen molar-refractivity contribution < 1.29 is 23.8 Å². The number of nitrogens with zero attached hydrogens (tertiary/aromatic N) is 1. The molecule has 3 rings (SSSR count). The van der Waals surface area contributed by atoms with E-state index >= 15 is 0 Å². The minimum absolute atomic E-state index is 0.0698. The van der Waals surface area contributed by atoms with Crippen LogP contribution in [0.3, 0.4) is 0 Å². The lowest BCUT2D eigenvalue weighted by molar-refractivity contribution is -0.116. The number of carbonyl (C=O) groups excluding carboxylic acids is 1. The van der Waals surface area contributed by atoms with Crippen LogP contribution >= 0.6 is 0 Å². The van der Waals surface area contributed by atoms with Crippen LogP contribution in [0.5, 0.6) is 5.75 Å². The fourth-order valence-electron chi connectivity index (χ4n) is 2.58. The first-order chi connectivity index (χ1) is 12.9. The number of nitrogens with one attached hydrogen (secondary N) is 1. The molecule has 0 aliphatic rings. The van der Waals surface area contributed by atoms with Crippen LogP contribution in [0, 0.1) is 0 Å². The molecule has 1 aromatic heterocycles. The Kier molecular flexibility index (Phi) is 5.40. The molecule has 7 nitrogen and oxygen atoms in total. The molecule has 0 radical (unpaired) electrons. The lowest BCUT2D eigenvalue weighted by Gasteiger charge is -2.15. The van der Waals surface area contributed by atoms with E-state index in [1.165, 1.54) is 12.1 Å². The van der Waals surface area contributed by atoms with Gasteiger partial charge in [0.1, 0.15) is 11.3 Å². The van der Waals surface area contributed by atoms with Crippen molar-refractivity contribution in [3.63, 3.8) is 0 Å². The Bertz CT molecular complexity index is 944. The van der Waals surface area contributed by atoms with Gasteiger partial charge in [0.25, 0.3) is 0 Å². The summed E-state index contributed by atoms with van der Waals surface area (Å²) in [6.45, 7) is 3.70. The number of ether oxygens (including phenoxy) is 1. The van der Waals surface area contributed by atoms with Crippen molar-refractivity contribution in [3.8, 4) is 5.75 Å². The summed E-state index contributed by atoms with van der Waals surface area (Å²) in [4.78, 5) is 27.9. The number of aromatic carboxylic acids is 1. The third-order valence-electron chi connectivity index (χ3n) is 3.77. The lowest BCUT2D eigenvalue weighted by Crippen LogP contribution is -2.15. The number of carboxylic acid groups (broad SMARTS) is 1. The van der Waals surface area contributed by atoms with E-state index in [1.807, 2.05) is 38.1 Å². The van der Waals surface area contributed by atoms with Gasteiger partial charge in [-0.3, -0.25) is 4.79 Å². The zero-order valence-corrected chi connectivity index (χ0v) is 15.1. The average molecular weight is 368 g/mol. The van der Waals surface area contributed by atoms with Crippen molar-refractivity contribution in [3.05, 3.63) is 53.9 Å². The molecule has 1 amide bonds. The van der Waals surface area contributed by atoms with Crippen LogP contribution in [0.15, 0.2) is 46.9 Å². The Labute approximate surface area is 156 Å². The molecule has 7 heteroatoms. The molecule has 27 heavy (non-hydrogen) atoms. The largest absolute Gasteiger partial charge is 0.489 e. The van der Waals surface area contributed by atoms with E-state index < -0.39 is 5.97 Å². The molecular formula is C20H20N2O5. The zero-order chi connectivity index (χ0) is 19.4. The SMILES string of the molecule is CC(C)Oc1ccc(C(=O)O)cc1NC(=O)CCc1nc2ccccc2o1. The number of amides is 1. The molecular weight excluding hydrogens is 348 g/mol. The van der Waals surface area contributed by atoms with Crippen molar-refractivity contribution >= 4 is 28.7 Å². The lowest BCUT2D eigenvalue weighted by atomic mass is 10.1. The Morgan fingerprint density at radius 1 is 1.22 bits per heavy atom. The summed E-state index contributed by atoms with van der Waals surface area (Å²) in [6, 6.07) is 11.8. The van der Waals surface area contributed by atoms with E-state index in [4.69, 9.17) is 14.3 Å². The fourth-order valence-corrected chi connectivity index (χ4v) is 2.58. The topological polar surface area (TPSA) is 102 Å². The van der Waals surface area contributed by atoms with Crippen molar-refractivity contribution in [1.82, 2.24) is 4.98 Å². The summed E-state index contributed by atoms with van der Waals surface area (Å²) >= 11 is 0. The number of hydrogen-bond donors (Lipinski definition) is 2. The number of hydrogen-bond acceptors (Lipinski definition) is 5. The highest BCUT2D eigenvalue weighted by molar-refractivity contribution is 5.95. The van der Waals surface area contributed by atoms with Crippen molar-refractivity contribution in [2.45, 2.75) is 32.8 Å². The van der Waals surface area contributed by atoms with Crippen LogP contribution in [-0.2, 0) is 11.2 Å². The highest BCUT2D eigenvalue weighted by Gasteiger charge is 2.14. The van der Waals surface area contributed by atoms with E-state index in [-0.39, 0.29) is 24.0 Å². The summed E-state index contributed by atoms with van der Waals surface area (Å²) in [5, 5.41) is 11.9. The van der Waals surface area contributed by atoms with Gasteiger partial charge in [-0.05, 0) is 44.2 Å². The second-order valence-corrected chi connectivity index (χ2v) is 6.31. The number of rotatable bonds is 7. The van der Waals surface area contributed by atoms with Crippen LogP contribution < -0.4 is 10.1 Å². The normalized spacial score (nSPS) is 10.9. The van der Waals surface area contributed by atoms with Gasteiger partial charge in [0, 0.05) is 12.8 Å². The number of aromatic nitrogens is 1. The number of fused-ring (bicyclic) bond motifs is 1. The monoisotopic (exact) mass is 368 g/mol. The second kappa shape index (κ2) is 7.90. The number of oxazole rings is 1. The zero-order valence-electron chi connectivity index (χ0n) is 15.1. The summed E-state index contributed by atoms with van der Waals surface area (Å²) in [6.07, 6.45) is 0.362. The molecule has 2 N–H and O–H groups in total. The number of aryl methyl sites for hydroxylation is 1. The first-order valence-corrected chi connectivity index (χ1v) is 8.60. The minimum Gasteiger partial charge on any atom is -0.489 e. The highest BCUT2D eigenvalue weighted by Crippen LogP contribution is 2.27. The minimum atomic E-state index is -1.08. The molecule has 1 heterocycles. The van der Waals surface area contributed by atoms with E-state index in [2.05, 4.69) is 10.3 Å². The van der Waals surface area contributed by atoms with Gasteiger partial charge in [0.2, 0.25) is 5.91 Å². The Balaban J connectivity index is 1.70. The quantitative estimate of drug-likeness (QED) is 0.656. The van der Waals surface area contributed by atoms with Gasteiger partial charge < -0.3 is 19.6 Å². The smallest absolute Gasteiger partial charge is 0.335 e. The van der Waals surface area contributed by atoms with Gasteiger partial charge in [-0.2, -0.15) is 0 Å². The standard InChI is InChI=1S/C20H20N2O5/c1-12(2)26-17-8-7-13(20(24)25)11-15(17)21-18(23)9-10-19-22-14-5-3-4-6-16(14)27-19/h3-8,11-12H,9-10H2,1-2H3,(H,21,23)(H,24,25). The molecule has 0 spiro atoms. The van der Waals surface area contributed by atoms with Gasteiger partial charge >= 0.3 is 5.97 Å². The molecule has 0 fully saturated rings. The van der Waals surface area contributed by atoms with Gasteiger partial charge in [-0.15, -0.1) is 0 Å². The average Bonchev–Trinajstić information content (AvgIpc) is 3.04. The number of carbonyl (C=O) groups is 2. The van der Waals surface area contributed by atoms with E-state index in [1.54, 1.807) is 6.07 Å². The molecule has 0 saturated heterocycles. The summed E-state index contributed by atoms with van der Waals surface area (Å²) in [5.41, 5.74) is 1.82. The second-order valence-electron chi connectivity index (χ2n) is 6.31. The first-order valence-electron chi connectivity index (χ1n) is 8.60. The number of anilines is 1. The molecule has 0 aliphatic heterocycles. The van der Waals surface area contributed by atoms with Crippen LogP contribution in [0.2, 0.25) is 0 Å². The van der Waals surface area contributed by atoms with Crippen LogP contribution in [0.4, 0.5) is 5.69 Å². The maximum absolute atomic E-state index is 12.3. The van der Waals surface area contributed by atoms with Crippen molar-refractivity contribution in [2.24, 2.45) is 0 Å². The Morgan fingerprint density at radius 2 is 2.00 bits per heavy atom. The van der Waals surface area contributed by atoms with Crippen molar-refractivity contribution in [1.29, 1.82) is 0 Å². The Morgan fingerprint density at radius 3 is 2.70 bits per heavy atom. The van der Waals surface area contributed by atoms with E-state index in [0.717, 1.165) is 5.52 Å². The number of para-hydroxylation sites is 2. The summed E-state index contributed by atoms with van der Waals surface area (Å²) in [7, 11) is 0. The van der Waals surface area contributed by atoms with E-state index in [0.29, 0.717) is 29.3 Å². The van der Waals surface area contributed by atoms with Crippen LogP contribution in [0.1, 0.15) is 36.5 Å². The molecule has 0 saturated carbocycles. The Hall–Kier alpha value is -3.35. The predicted octanol–water partition coefficient (Wildman–Crippen LogP) is 3.88. The maximum atomic E-state index is 12.3. The molecule has 0 unspecified atom stereocenters. The fraction of sp³-hybridized carbons (Fsp3) is 0.250. The maximum Gasteiger partial charge on any atom is 0.335 e.